The zero-order valence-corrected chi connectivity index (χ0v) is 11.8. The van der Waals surface area contributed by atoms with Gasteiger partial charge in [0, 0.05) is 6.07 Å². The van der Waals surface area contributed by atoms with Crippen LogP contribution in [0.15, 0.2) is 29.3 Å². The summed E-state index contributed by atoms with van der Waals surface area (Å²) < 4.78 is 76.4. The maximum Gasteiger partial charge on any atom is 0.433 e. The van der Waals surface area contributed by atoms with Crippen molar-refractivity contribution in [1.82, 2.24) is 9.55 Å². The summed E-state index contributed by atoms with van der Waals surface area (Å²) >= 11 is 0. The monoisotopic (exact) mass is 358 g/mol. The van der Waals surface area contributed by atoms with Crippen molar-refractivity contribution in [3.05, 3.63) is 57.3 Å². The van der Waals surface area contributed by atoms with Gasteiger partial charge in [0.25, 0.3) is 5.56 Å². The predicted molar refractivity (Wildman–Crippen MR) is 69.3 cm³/mol. The van der Waals surface area contributed by atoms with Crippen LogP contribution >= 0.6 is 0 Å². The van der Waals surface area contributed by atoms with Gasteiger partial charge in [-0.1, -0.05) is 0 Å². The Morgan fingerprint density at radius 2 is 1.44 bits per heavy atom. The summed E-state index contributed by atoms with van der Waals surface area (Å²) in [4.78, 5) is 14.9. The van der Waals surface area contributed by atoms with Crippen molar-refractivity contribution in [2.45, 2.75) is 12.4 Å². The summed E-state index contributed by atoms with van der Waals surface area (Å²) in [6, 6.07) is 3.67. The van der Waals surface area contributed by atoms with Crippen molar-refractivity contribution >= 4 is 0 Å². The fraction of sp³-hybridized carbons (Fsp3) is 0.143. The van der Waals surface area contributed by atoms with Crippen LogP contribution < -0.4 is 5.56 Å². The molecule has 0 radical (unpaired) electrons. The highest BCUT2D eigenvalue weighted by Gasteiger charge is 2.34. The van der Waals surface area contributed by atoms with Crippen molar-refractivity contribution in [2.75, 3.05) is 0 Å². The Hall–Kier alpha value is -3.34. The number of hydrogen-bond donors (Lipinski definition) is 0. The maximum atomic E-state index is 12.8. The number of alkyl halides is 6. The van der Waals surface area contributed by atoms with Gasteiger partial charge in [-0.25, -0.2) is 4.98 Å². The van der Waals surface area contributed by atoms with E-state index in [0.717, 1.165) is 0 Å². The standard InChI is InChI=1S/C14H4F6N4O/c15-13(16,17)9-1-7(4-21)12(8(2-9)5-22)24-6-23-10(3-11(24)25)14(18,19)20/h1-3,6H. The lowest BCUT2D eigenvalue weighted by atomic mass is 10.0. The summed E-state index contributed by atoms with van der Waals surface area (Å²) in [7, 11) is 0. The lowest BCUT2D eigenvalue weighted by Crippen LogP contribution is -2.24. The molecule has 0 aliphatic heterocycles. The quantitative estimate of drug-likeness (QED) is 0.734. The van der Waals surface area contributed by atoms with Crippen molar-refractivity contribution < 1.29 is 26.3 Å². The first kappa shape index (κ1) is 18.0. The van der Waals surface area contributed by atoms with Crippen molar-refractivity contribution in [2.24, 2.45) is 0 Å². The highest BCUT2D eigenvalue weighted by Crippen LogP contribution is 2.33. The van der Waals surface area contributed by atoms with E-state index in [0.29, 0.717) is 23.0 Å². The lowest BCUT2D eigenvalue weighted by molar-refractivity contribution is -0.141. The van der Waals surface area contributed by atoms with E-state index in [-0.39, 0.29) is 6.07 Å². The SMILES string of the molecule is N#Cc1cc(C(F)(F)F)cc(C#N)c1-n1cnc(C(F)(F)F)cc1=O. The molecule has 0 spiro atoms. The van der Waals surface area contributed by atoms with Gasteiger partial charge in [0.05, 0.1) is 22.4 Å². The van der Waals surface area contributed by atoms with Crippen LogP contribution in [0.2, 0.25) is 0 Å². The van der Waals surface area contributed by atoms with Crippen LogP contribution in [0.25, 0.3) is 5.69 Å². The molecular weight excluding hydrogens is 354 g/mol. The summed E-state index contributed by atoms with van der Waals surface area (Å²) in [5, 5.41) is 18.0. The van der Waals surface area contributed by atoms with E-state index in [4.69, 9.17) is 10.5 Å². The van der Waals surface area contributed by atoms with Gasteiger partial charge in [0.2, 0.25) is 0 Å². The molecule has 128 valence electrons. The van der Waals surface area contributed by atoms with Crippen molar-refractivity contribution in [3.63, 3.8) is 0 Å². The molecule has 0 atom stereocenters. The van der Waals surface area contributed by atoms with Crippen LogP contribution in [0.1, 0.15) is 22.4 Å². The van der Waals surface area contributed by atoms with Gasteiger partial charge in [-0.2, -0.15) is 36.9 Å². The van der Waals surface area contributed by atoms with E-state index >= 15 is 0 Å². The van der Waals surface area contributed by atoms with Crippen LogP contribution in [0.3, 0.4) is 0 Å². The molecule has 0 saturated carbocycles. The van der Waals surface area contributed by atoms with Gasteiger partial charge < -0.3 is 0 Å². The fourth-order valence-corrected chi connectivity index (χ4v) is 1.95. The van der Waals surface area contributed by atoms with Crippen LogP contribution in [-0.2, 0) is 12.4 Å². The van der Waals surface area contributed by atoms with Gasteiger partial charge in [0.1, 0.15) is 18.5 Å². The summed E-state index contributed by atoms with van der Waals surface area (Å²) in [5.74, 6) is 0. The molecule has 0 amide bonds. The molecule has 0 fully saturated rings. The molecule has 1 heterocycles. The van der Waals surface area contributed by atoms with Gasteiger partial charge in [0.15, 0.2) is 5.69 Å². The summed E-state index contributed by atoms with van der Waals surface area (Å²) in [6.07, 6.45) is -9.37. The van der Waals surface area contributed by atoms with Gasteiger partial charge in [-0.3, -0.25) is 9.36 Å². The first-order valence-electron chi connectivity index (χ1n) is 6.20. The summed E-state index contributed by atoms with van der Waals surface area (Å²) in [5.41, 5.74) is -6.14. The van der Waals surface area contributed by atoms with Gasteiger partial charge in [-0.15, -0.1) is 0 Å². The number of nitrogens with zero attached hydrogens (tertiary/aromatic N) is 4. The minimum atomic E-state index is -4.91. The van der Waals surface area contributed by atoms with E-state index in [1.54, 1.807) is 0 Å². The van der Waals surface area contributed by atoms with E-state index in [9.17, 15) is 31.1 Å². The predicted octanol–water partition coefficient (Wildman–Crippen LogP) is 3.01. The Morgan fingerprint density at radius 1 is 0.920 bits per heavy atom. The number of benzene rings is 1. The van der Waals surface area contributed by atoms with Crippen LogP contribution in [0.4, 0.5) is 26.3 Å². The minimum Gasteiger partial charge on any atom is -0.269 e. The van der Waals surface area contributed by atoms with E-state index in [1.807, 2.05) is 0 Å². The van der Waals surface area contributed by atoms with Crippen molar-refractivity contribution in [1.29, 1.82) is 10.5 Å². The Morgan fingerprint density at radius 3 is 1.80 bits per heavy atom. The van der Waals surface area contributed by atoms with Crippen LogP contribution in [0.5, 0.6) is 0 Å². The molecule has 0 aliphatic carbocycles. The molecule has 0 saturated heterocycles. The second-order valence-electron chi connectivity index (χ2n) is 4.62. The second kappa shape index (κ2) is 5.94. The molecule has 25 heavy (non-hydrogen) atoms. The molecule has 0 aliphatic rings. The maximum absolute atomic E-state index is 12.8. The number of aromatic nitrogens is 2. The van der Waals surface area contributed by atoms with Gasteiger partial charge in [-0.05, 0) is 12.1 Å². The average molecular weight is 358 g/mol. The largest absolute Gasteiger partial charge is 0.433 e. The van der Waals surface area contributed by atoms with Crippen LogP contribution in [0, 0.1) is 22.7 Å². The Kier molecular flexibility index (Phi) is 4.28. The first-order chi connectivity index (χ1) is 11.5. The van der Waals surface area contributed by atoms with Gasteiger partial charge >= 0.3 is 12.4 Å². The molecule has 2 aromatic rings. The van der Waals surface area contributed by atoms with Crippen molar-refractivity contribution in [3.8, 4) is 17.8 Å². The highest BCUT2D eigenvalue weighted by atomic mass is 19.4. The summed E-state index contributed by atoms with van der Waals surface area (Å²) in [6.45, 7) is 0. The van der Waals surface area contributed by atoms with Crippen LogP contribution in [-0.4, -0.2) is 9.55 Å². The number of nitriles is 2. The Balaban J connectivity index is 2.79. The molecular formula is C14H4F6N4O. The lowest BCUT2D eigenvalue weighted by Gasteiger charge is -2.14. The zero-order valence-electron chi connectivity index (χ0n) is 11.8. The molecule has 0 N–H and O–H groups in total. The zero-order chi connectivity index (χ0) is 19.0. The third kappa shape index (κ3) is 3.45. The second-order valence-corrected chi connectivity index (χ2v) is 4.62. The average Bonchev–Trinajstić information content (AvgIpc) is 2.51. The molecule has 0 bridgehead atoms. The Bertz CT molecular complexity index is 940. The van der Waals surface area contributed by atoms with E-state index < -0.39 is 46.0 Å². The fourth-order valence-electron chi connectivity index (χ4n) is 1.95. The smallest absolute Gasteiger partial charge is 0.269 e. The van der Waals surface area contributed by atoms with E-state index in [2.05, 4.69) is 4.98 Å². The number of hydrogen-bond acceptors (Lipinski definition) is 4. The molecule has 2 rings (SSSR count). The molecule has 5 nitrogen and oxygen atoms in total. The third-order valence-electron chi connectivity index (χ3n) is 3.02. The number of rotatable bonds is 1. The molecule has 11 heteroatoms. The topological polar surface area (TPSA) is 82.5 Å². The number of halogens is 6. The first-order valence-corrected chi connectivity index (χ1v) is 6.20. The Labute approximate surface area is 135 Å². The molecule has 0 unspecified atom stereocenters. The minimum absolute atomic E-state index is 0.111. The van der Waals surface area contributed by atoms with E-state index in [1.165, 1.54) is 12.1 Å². The molecule has 1 aromatic heterocycles. The molecule has 1 aromatic carbocycles. The normalized spacial score (nSPS) is 11.7. The highest BCUT2D eigenvalue weighted by molar-refractivity contribution is 5.60. The third-order valence-corrected chi connectivity index (χ3v) is 3.02.